The fourth-order valence-electron chi connectivity index (χ4n) is 1.68. The van der Waals surface area contributed by atoms with E-state index in [-0.39, 0.29) is 12.2 Å². The van der Waals surface area contributed by atoms with Crippen LogP contribution in [0, 0.1) is 0 Å². The van der Waals surface area contributed by atoms with Crippen LogP contribution < -0.4 is 10.1 Å². The van der Waals surface area contributed by atoms with E-state index in [1.165, 1.54) is 0 Å². The molecule has 0 fully saturated rings. The average Bonchev–Trinajstić information content (AvgIpc) is 2.28. The summed E-state index contributed by atoms with van der Waals surface area (Å²) >= 11 is 0. The van der Waals surface area contributed by atoms with Gasteiger partial charge in [-0.25, -0.2) is 0 Å². The van der Waals surface area contributed by atoms with Crippen molar-refractivity contribution < 1.29 is 9.47 Å². The van der Waals surface area contributed by atoms with Crippen LogP contribution >= 0.6 is 0 Å². The average molecular weight is 223 g/mol. The van der Waals surface area contributed by atoms with Crippen LogP contribution in [-0.2, 0) is 4.74 Å². The Hall–Kier alpha value is -1.06. The lowest BCUT2D eigenvalue weighted by atomic mass is 10.1. The van der Waals surface area contributed by atoms with Crippen molar-refractivity contribution in [1.82, 2.24) is 5.32 Å². The molecule has 3 nitrogen and oxygen atoms in total. The van der Waals surface area contributed by atoms with E-state index in [0.29, 0.717) is 0 Å². The van der Waals surface area contributed by atoms with E-state index < -0.39 is 0 Å². The summed E-state index contributed by atoms with van der Waals surface area (Å²) in [6, 6.07) is 7.98. The highest BCUT2D eigenvalue weighted by Crippen LogP contribution is 2.27. The van der Waals surface area contributed by atoms with Crippen molar-refractivity contribution in [3.8, 4) is 5.75 Å². The Kier molecular flexibility index (Phi) is 5.29. The zero-order chi connectivity index (χ0) is 12.0. The number of benzene rings is 1. The molecule has 0 bridgehead atoms. The maximum Gasteiger partial charge on any atom is 0.124 e. The fourth-order valence-corrected chi connectivity index (χ4v) is 1.68. The molecule has 0 saturated heterocycles. The molecule has 1 atom stereocenters. The Morgan fingerprint density at radius 1 is 1.25 bits per heavy atom. The second-order valence-electron chi connectivity index (χ2n) is 3.97. The summed E-state index contributed by atoms with van der Waals surface area (Å²) in [6.07, 6.45) is 0.226. The molecule has 0 aliphatic heterocycles. The van der Waals surface area contributed by atoms with Gasteiger partial charge in [0.05, 0.1) is 19.3 Å². The molecule has 0 aromatic heterocycles. The first-order chi connectivity index (χ1) is 7.69. The third-order valence-electron chi connectivity index (χ3n) is 2.31. The van der Waals surface area contributed by atoms with Crippen molar-refractivity contribution in [1.29, 1.82) is 0 Å². The summed E-state index contributed by atoms with van der Waals surface area (Å²) in [7, 11) is 3.61. The first-order valence-corrected chi connectivity index (χ1v) is 5.62. The molecule has 1 unspecified atom stereocenters. The van der Waals surface area contributed by atoms with Crippen molar-refractivity contribution in [3.05, 3.63) is 29.8 Å². The van der Waals surface area contributed by atoms with Gasteiger partial charge in [-0.05, 0) is 27.0 Å². The van der Waals surface area contributed by atoms with Crippen molar-refractivity contribution in [2.75, 3.05) is 20.7 Å². The van der Waals surface area contributed by atoms with Crippen molar-refractivity contribution in [3.63, 3.8) is 0 Å². The number of nitrogens with one attached hydrogen (secondary N) is 1. The molecular weight excluding hydrogens is 202 g/mol. The van der Waals surface area contributed by atoms with Crippen LogP contribution in [0.2, 0.25) is 0 Å². The second-order valence-corrected chi connectivity index (χ2v) is 3.97. The normalized spacial score (nSPS) is 12.8. The molecule has 1 aromatic rings. The molecule has 1 rings (SSSR count). The van der Waals surface area contributed by atoms with Crippen LogP contribution in [0.3, 0.4) is 0 Å². The standard InChI is InChI=1S/C13H21NO2/c1-10(2)16-13(9-14-3)11-7-5-6-8-12(11)15-4/h5-8,10,13-14H,9H2,1-4H3. The van der Waals surface area contributed by atoms with Gasteiger partial charge in [0, 0.05) is 12.1 Å². The topological polar surface area (TPSA) is 30.5 Å². The molecular formula is C13H21NO2. The van der Waals surface area contributed by atoms with Crippen LogP contribution in [0.4, 0.5) is 0 Å². The smallest absolute Gasteiger partial charge is 0.124 e. The van der Waals surface area contributed by atoms with E-state index in [2.05, 4.69) is 5.32 Å². The maximum atomic E-state index is 5.88. The van der Waals surface area contributed by atoms with Crippen LogP contribution in [0.15, 0.2) is 24.3 Å². The molecule has 90 valence electrons. The molecule has 0 aliphatic rings. The number of rotatable bonds is 6. The van der Waals surface area contributed by atoms with Gasteiger partial charge in [0.25, 0.3) is 0 Å². The van der Waals surface area contributed by atoms with Gasteiger partial charge in [-0.3, -0.25) is 0 Å². The predicted octanol–water partition coefficient (Wildman–Crippen LogP) is 2.38. The minimum absolute atomic E-state index is 0.0288. The van der Waals surface area contributed by atoms with Crippen molar-refractivity contribution in [2.24, 2.45) is 0 Å². The van der Waals surface area contributed by atoms with Gasteiger partial charge in [-0.15, -0.1) is 0 Å². The molecule has 0 aliphatic carbocycles. The number of ether oxygens (including phenoxy) is 2. The summed E-state index contributed by atoms with van der Waals surface area (Å²) in [5, 5.41) is 3.14. The Morgan fingerprint density at radius 3 is 2.50 bits per heavy atom. The summed E-state index contributed by atoms with van der Waals surface area (Å²) in [4.78, 5) is 0. The monoisotopic (exact) mass is 223 g/mol. The van der Waals surface area contributed by atoms with E-state index in [4.69, 9.17) is 9.47 Å². The lowest BCUT2D eigenvalue weighted by Crippen LogP contribution is -2.22. The summed E-state index contributed by atoms with van der Waals surface area (Å²) in [5.74, 6) is 0.878. The summed E-state index contributed by atoms with van der Waals surface area (Å²) in [6.45, 7) is 4.86. The van der Waals surface area contributed by atoms with Crippen LogP contribution in [0.25, 0.3) is 0 Å². The zero-order valence-corrected chi connectivity index (χ0v) is 10.5. The molecule has 1 aromatic carbocycles. The minimum Gasteiger partial charge on any atom is -0.496 e. The quantitative estimate of drug-likeness (QED) is 0.803. The predicted molar refractivity (Wildman–Crippen MR) is 65.9 cm³/mol. The van der Waals surface area contributed by atoms with Crippen LogP contribution in [-0.4, -0.2) is 26.8 Å². The lowest BCUT2D eigenvalue weighted by molar-refractivity contribution is 0.00695. The number of hydrogen-bond donors (Lipinski definition) is 1. The van der Waals surface area contributed by atoms with E-state index in [1.54, 1.807) is 7.11 Å². The number of methoxy groups -OCH3 is 1. The Labute approximate surface area is 97.8 Å². The van der Waals surface area contributed by atoms with Gasteiger partial charge < -0.3 is 14.8 Å². The first-order valence-electron chi connectivity index (χ1n) is 5.62. The zero-order valence-electron chi connectivity index (χ0n) is 10.5. The van der Waals surface area contributed by atoms with Gasteiger partial charge in [0.2, 0.25) is 0 Å². The molecule has 0 saturated carbocycles. The van der Waals surface area contributed by atoms with Gasteiger partial charge in [-0.2, -0.15) is 0 Å². The Balaban J connectivity index is 2.90. The fraction of sp³-hybridized carbons (Fsp3) is 0.538. The van der Waals surface area contributed by atoms with Gasteiger partial charge in [-0.1, -0.05) is 18.2 Å². The highest BCUT2D eigenvalue weighted by Gasteiger charge is 2.16. The summed E-state index contributed by atoms with van der Waals surface area (Å²) < 4.78 is 11.2. The number of hydrogen-bond acceptors (Lipinski definition) is 3. The Morgan fingerprint density at radius 2 is 1.94 bits per heavy atom. The molecule has 1 N–H and O–H groups in total. The second kappa shape index (κ2) is 6.51. The SMILES string of the molecule is CNCC(OC(C)C)c1ccccc1OC. The molecule has 0 spiro atoms. The third-order valence-corrected chi connectivity index (χ3v) is 2.31. The van der Waals surface area contributed by atoms with Gasteiger partial charge in [0.15, 0.2) is 0 Å². The van der Waals surface area contributed by atoms with Crippen LogP contribution in [0.1, 0.15) is 25.5 Å². The highest BCUT2D eigenvalue weighted by atomic mass is 16.5. The molecule has 0 radical (unpaired) electrons. The van der Waals surface area contributed by atoms with E-state index >= 15 is 0 Å². The van der Waals surface area contributed by atoms with E-state index in [0.717, 1.165) is 17.9 Å². The van der Waals surface area contributed by atoms with Crippen LogP contribution in [0.5, 0.6) is 5.75 Å². The number of likely N-dealkylation sites (N-methyl/N-ethyl adjacent to an activating group) is 1. The lowest BCUT2D eigenvalue weighted by Gasteiger charge is -2.22. The molecule has 3 heteroatoms. The highest BCUT2D eigenvalue weighted by molar-refractivity contribution is 5.35. The van der Waals surface area contributed by atoms with Gasteiger partial charge >= 0.3 is 0 Å². The van der Waals surface area contributed by atoms with Gasteiger partial charge in [0.1, 0.15) is 5.75 Å². The van der Waals surface area contributed by atoms with E-state index in [1.807, 2.05) is 45.2 Å². The molecule has 0 amide bonds. The van der Waals surface area contributed by atoms with Crippen molar-refractivity contribution >= 4 is 0 Å². The number of para-hydroxylation sites is 1. The Bertz CT molecular complexity index is 313. The maximum absolute atomic E-state index is 5.88. The largest absolute Gasteiger partial charge is 0.496 e. The molecule has 16 heavy (non-hydrogen) atoms. The molecule has 0 heterocycles. The minimum atomic E-state index is 0.0288. The van der Waals surface area contributed by atoms with E-state index in [9.17, 15) is 0 Å². The van der Waals surface area contributed by atoms with Crippen molar-refractivity contribution in [2.45, 2.75) is 26.1 Å². The first kappa shape index (κ1) is 13.0. The third kappa shape index (κ3) is 3.51. The summed E-state index contributed by atoms with van der Waals surface area (Å²) in [5.41, 5.74) is 1.09.